The summed E-state index contributed by atoms with van der Waals surface area (Å²) in [4.78, 5) is 4.56. The molecule has 0 aromatic heterocycles. The number of aliphatic imine (C=N–C) groups is 1. The number of guanidine groups is 1. The van der Waals surface area contributed by atoms with Gasteiger partial charge in [-0.05, 0) is 36.7 Å². The Morgan fingerprint density at radius 2 is 1.95 bits per heavy atom. The van der Waals surface area contributed by atoms with Gasteiger partial charge in [0.05, 0.1) is 0 Å². The molecular formula is C17H27N3. The zero-order valence-electron chi connectivity index (χ0n) is 12.6. The number of rotatable bonds is 6. The Kier molecular flexibility index (Phi) is 5.45. The molecule has 0 spiro atoms. The predicted octanol–water partition coefficient (Wildman–Crippen LogP) is 3.10. The summed E-state index contributed by atoms with van der Waals surface area (Å²) in [7, 11) is 0. The normalized spacial score (nSPS) is 18.1. The number of nitrogens with two attached hydrogens (primary N) is 1. The molecule has 0 aliphatic heterocycles. The molecule has 110 valence electrons. The van der Waals surface area contributed by atoms with E-state index in [0.29, 0.717) is 11.4 Å². The van der Waals surface area contributed by atoms with Crippen molar-refractivity contribution < 1.29 is 0 Å². The molecule has 3 N–H and O–H groups in total. The van der Waals surface area contributed by atoms with E-state index < -0.39 is 0 Å². The third kappa shape index (κ3) is 4.26. The first-order valence-corrected chi connectivity index (χ1v) is 7.82. The SMILES string of the molecule is CCC1(CN=C(N)NCCc2ccccc2)CCCC1. The summed E-state index contributed by atoms with van der Waals surface area (Å²) in [6.45, 7) is 4.01. The van der Waals surface area contributed by atoms with E-state index in [1.165, 1.54) is 37.7 Å². The van der Waals surface area contributed by atoms with E-state index in [1.807, 2.05) is 6.07 Å². The van der Waals surface area contributed by atoms with Gasteiger partial charge in [0.15, 0.2) is 5.96 Å². The Morgan fingerprint density at radius 3 is 2.60 bits per heavy atom. The molecule has 0 saturated heterocycles. The molecule has 0 atom stereocenters. The number of nitrogens with zero attached hydrogens (tertiary/aromatic N) is 1. The molecule has 1 aliphatic carbocycles. The Labute approximate surface area is 122 Å². The molecular weight excluding hydrogens is 246 g/mol. The Bertz CT molecular complexity index is 419. The van der Waals surface area contributed by atoms with Crippen molar-refractivity contribution in [2.24, 2.45) is 16.1 Å². The predicted molar refractivity (Wildman–Crippen MR) is 85.8 cm³/mol. The lowest BCUT2D eigenvalue weighted by molar-refractivity contribution is 0.297. The van der Waals surface area contributed by atoms with Gasteiger partial charge in [-0.1, -0.05) is 50.1 Å². The minimum absolute atomic E-state index is 0.422. The monoisotopic (exact) mass is 273 g/mol. The number of benzene rings is 1. The first-order chi connectivity index (χ1) is 9.74. The molecule has 0 bridgehead atoms. The maximum absolute atomic E-state index is 5.97. The van der Waals surface area contributed by atoms with Gasteiger partial charge in [0, 0.05) is 13.1 Å². The maximum Gasteiger partial charge on any atom is 0.188 e. The second-order valence-electron chi connectivity index (χ2n) is 5.92. The summed E-state index contributed by atoms with van der Waals surface area (Å²) in [6, 6.07) is 10.5. The van der Waals surface area contributed by atoms with Gasteiger partial charge in [0.1, 0.15) is 0 Å². The lowest BCUT2D eigenvalue weighted by Gasteiger charge is -2.25. The summed E-state index contributed by atoms with van der Waals surface area (Å²) in [5.41, 5.74) is 7.72. The highest BCUT2D eigenvalue weighted by atomic mass is 15.1. The van der Waals surface area contributed by atoms with Gasteiger partial charge < -0.3 is 11.1 Å². The Morgan fingerprint density at radius 1 is 1.25 bits per heavy atom. The fourth-order valence-electron chi connectivity index (χ4n) is 3.04. The largest absolute Gasteiger partial charge is 0.370 e. The van der Waals surface area contributed by atoms with Crippen LogP contribution in [0, 0.1) is 5.41 Å². The van der Waals surface area contributed by atoms with Crippen molar-refractivity contribution in [1.82, 2.24) is 5.32 Å². The maximum atomic E-state index is 5.97. The quantitative estimate of drug-likeness (QED) is 0.618. The standard InChI is InChI=1S/C17H27N3/c1-2-17(11-6-7-12-17)14-20-16(18)19-13-10-15-8-4-3-5-9-15/h3-5,8-9H,2,6-7,10-14H2,1H3,(H3,18,19,20). The molecule has 1 fully saturated rings. The summed E-state index contributed by atoms with van der Waals surface area (Å²) < 4.78 is 0. The summed E-state index contributed by atoms with van der Waals surface area (Å²) in [5, 5.41) is 3.22. The van der Waals surface area contributed by atoms with Crippen LogP contribution < -0.4 is 11.1 Å². The van der Waals surface area contributed by atoms with Crippen LogP contribution in [0.5, 0.6) is 0 Å². The molecule has 1 aromatic rings. The van der Waals surface area contributed by atoms with E-state index in [-0.39, 0.29) is 0 Å². The first kappa shape index (κ1) is 14.9. The molecule has 20 heavy (non-hydrogen) atoms. The highest BCUT2D eigenvalue weighted by Crippen LogP contribution is 2.40. The van der Waals surface area contributed by atoms with E-state index in [0.717, 1.165) is 19.5 Å². The molecule has 0 heterocycles. The number of hydrogen-bond donors (Lipinski definition) is 2. The van der Waals surface area contributed by atoms with Gasteiger partial charge in [-0.3, -0.25) is 4.99 Å². The molecule has 1 aromatic carbocycles. The average molecular weight is 273 g/mol. The first-order valence-electron chi connectivity index (χ1n) is 7.82. The zero-order valence-corrected chi connectivity index (χ0v) is 12.6. The van der Waals surface area contributed by atoms with Crippen LogP contribution in [-0.2, 0) is 6.42 Å². The van der Waals surface area contributed by atoms with Crippen molar-refractivity contribution in [1.29, 1.82) is 0 Å². The van der Waals surface area contributed by atoms with E-state index in [9.17, 15) is 0 Å². The fourth-order valence-corrected chi connectivity index (χ4v) is 3.04. The molecule has 3 heteroatoms. The summed E-state index contributed by atoms with van der Waals surface area (Å²) in [6.07, 6.45) is 7.52. The third-order valence-electron chi connectivity index (χ3n) is 4.56. The lowest BCUT2D eigenvalue weighted by Crippen LogP contribution is -2.34. The molecule has 0 amide bonds. The fraction of sp³-hybridized carbons (Fsp3) is 0.588. The minimum Gasteiger partial charge on any atom is -0.370 e. The van der Waals surface area contributed by atoms with Crippen molar-refractivity contribution in [3.63, 3.8) is 0 Å². The molecule has 2 rings (SSSR count). The van der Waals surface area contributed by atoms with Crippen LogP contribution in [0.25, 0.3) is 0 Å². The van der Waals surface area contributed by atoms with Crippen LogP contribution in [0.3, 0.4) is 0 Å². The topological polar surface area (TPSA) is 50.4 Å². The van der Waals surface area contributed by atoms with Crippen molar-refractivity contribution in [2.75, 3.05) is 13.1 Å². The van der Waals surface area contributed by atoms with Gasteiger partial charge in [-0.2, -0.15) is 0 Å². The number of hydrogen-bond acceptors (Lipinski definition) is 1. The van der Waals surface area contributed by atoms with Crippen LogP contribution in [0.4, 0.5) is 0 Å². The van der Waals surface area contributed by atoms with Crippen molar-refractivity contribution in [2.45, 2.75) is 45.4 Å². The smallest absolute Gasteiger partial charge is 0.188 e. The van der Waals surface area contributed by atoms with Crippen LogP contribution in [-0.4, -0.2) is 19.0 Å². The lowest BCUT2D eigenvalue weighted by atomic mass is 9.84. The van der Waals surface area contributed by atoms with Crippen LogP contribution in [0.1, 0.15) is 44.6 Å². The summed E-state index contributed by atoms with van der Waals surface area (Å²) >= 11 is 0. The molecule has 1 saturated carbocycles. The molecule has 1 aliphatic rings. The Hall–Kier alpha value is -1.51. The molecule has 0 unspecified atom stereocenters. The van der Waals surface area contributed by atoms with Gasteiger partial charge in [0.2, 0.25) is 0 Å². The van der Waals surface area contributed by atoms with E-state index >= 15 is 0 Å². The van der Waals surface area contributed by atoms with E-state index in [2.05, 4.69) is 41.5 Å². The highest BCUT2D eigenvalue weighted by Gasteiger charge is 2.31. The van der Waals surface area contributed by atoms with Crippen molar-refractivity contribution >= 4 is 5.96 Å². The van der Waals surface area contributed by atoms with Crippen LogP contribution in [0.15, 0.2) is 35.3 Å². The van der Waals surface area contributed by atoms with Crippen LogP contribution in [0.2, 0.25) is 0 Å². The van der Waals surface area contributed by atoms with Crippen molar-refractivity contribution in [3.05, 3.63) is 35.9 Å². The molecule has 3 nitrogen and oxygen atoms in total. The van der Waals surface area contributed by atoms with Gasteiger partial charge in [-0.15, -0.1) is 0 Å². The third-order valence-corrected chi connectivity index (χ3v) is 4.56. The minimum atomic E-state index is 0.422. The van der Waals surface area contributed by atoms with E-state index in [1.54, 1.807) is 0 Å². The number of nitrogens with one attached hydrogen (secondary N) is 1. The second kappa shape index (κ2) is 7.32. The zero-order chi connectivity index (χ0) is 14.3. The van der Waals surface area contributed by atoms with Gasteiger partial charge >= 0.3 is 0 Å². The Balaban J connectivity index is 1.74. The highest BCUT2D eigenvalue weighted by molar-refractivity contribution is 5.77. The van der Waals surface area contributed by atoms with Gasteiger partial charge in [0.25, 0.3) is 0 Å². The molecule has 0 radical (unpaired) electrons. The second-order valence-corrected chi connectivity index (χ2v) is 5.92. The van der Waals surface area contributed by atoms with Crippen molar-refractivity contribution in [3.8, 4) is 0 Å². The van der Waals surface area contributed by atoms with Gasteiger partial charge in [-0.25, -0.2) is 0 Å². The van der Waals surface area contributed by atoms with Crippen LogP contribution >= 0.6 is 0 Å². The summed E-state index contributed by atoms with van der Waals surface area (Å²) in [5.74, 6) is 0.598. The average Bonchev–Trinajstić information content (AvgIpc) is 2.96. The van der Waals surface area contributed by atoms with E-state index in [4.69, 9.17) is 5.73 Å².